The third kappa shape index (κ3) is 3.76. The van der Waals surface area contributed by atoms with Crippen LogP contribution in [-0.2, 0) is 22.6 Å². The molecule has 146 valence electrons. The second-order valence-corrected chi connectivity index (χ2v) is 9.30. The highest BCUT2D eigenvalue weighted by atomic mass is 16.2. The molecule has 4 aliphatic carbocycles. The van der Waals surface area contributed by atoms with Crippen molar-refractivity contribution in [2.75, 3.05) is 13.6 Å². The summed E-state index contributed by atoms with van der Waals surface area (Å²) in [4.78, 5) is 27.2. The quantitative estimate of drug-likeness (QED) is 0.835. The SMILES string of the molecule is CCc1ccc(CN(C)C(=O)CNC(=O)C23CC4CC(CC(C4)C2)C3)cc1. The van der Waals surface area contributed by atoms with Crippen LogP contribution in [0.2, 0.25) is 0 Å². The Morgan fingerprint density at radius 2 is 1.52 bits per heavy atom. The van der Waals surface area contributed by atoms with Crippen molar-refractivity contribution in [3.63, 3.8) is 0 Å². The predicted octanol–water partition coefficient (Wildman–Crippen LogP) is 3.54. The molecule has 1 N–H and O–H groups in total. The van der Waals surface area contributed by atoms with Gasteiger partial charge in [-0.05, 0) is 73.8 Å². The molecule has 0 atom stereocenters. The first kappa shape index (κ1) is 18.5. The molecule has 4 bridgehead atoms. The van der Waals surface area contributed by atoms with E-state index in [4.69, 9.17) is 0 Å². The van der Waals surface area contributed by atoms with E-state index in [-0.39, 0.29) is 23.8 Å². The molecule has 2 amide bonds. The van der Waals surface area contributed by atoms with E-state index in [2.05, 4.69) is 36.5 Å². The van der Waals surface area contributed by atoms with Crippen LogP contribution < -0.4 is 5.32 Å². The molecule has 0 radical (unpaired) electrons. The lowest BCUT2D eigenvalue weighted by Crippen LogP contribution is -2.54. The maximum absolute atomic E-state index is 13.0. The lowest BCUT2D eigenvalue weighted by atomic mass is 9.49. The van der Waals surface area contributed by atoms with Gasteiger partial charge in [0.2, 0.25) is 11.8 Å². The van der Waals surface area contributed by atoms with Crippen molar-refractivity contribution in [2.24, 2.45) is 23.2 Å². The van der Waals surface area contributed by atoms with E-state index < -0.39 is 0 Å². The molecule has 4 saturated carbocycles. The molecule has 1 aromatic rings. The average Bonchev–Trinajstić information content (AvgIpc) is 2.65. The minimum atomic E-state index is -0.177. The van der Waals surface area contributed by atoms with Crippen molar-refractivity contribution >= 4 is 11.8 Å². The van der Waals surface area contributed by atoms with E-state index in [0.717, 1.165) is 49.0 Å². The van der Waals surface area contributed by atoms with E-state index >= 15 is 0 Å². The third-order valence-electron chi connectivity index (χ3n) is 7.20. The smallest absolute Gasteiger partial charge is 0.242 e. The van der Waals surface area contributed by atoms with Gasteiger partial charge in [0.25, 0.3) is 0 Å². The van der Waals surface area contributed by atoms with Gasteiger partial charge in [-0.1, -0.05) is 31.2 Å². The van der Waals surface area contributed by atoms with Crippen LogP contribution in [-0.4, -0.2) is 30.3 Å². The van der Waals surface area contributed by atoms with Gasteiger partial charge in [0, 0.05) is 19.0 Å². The topological polar surface area (TPSA) is 49.4 Å². The first-order valence-corrected chi connectivity index (χ1v) is 10.6. The second kappa shape index (κ2) is 7.29. The molecule has 0 saturated heterocycles. The van der Waals surface area contributed by atoms with Gasteiger partial charge in [0.15, 0.2) is 0 Å². The summed E-state index contributed by atoms with van der Waals surface area (Å²) >= 11 is 0. The summed E-state index contributed by atoms with van der Waals surface area (Å²) in [5.41, 5.74) is 2.25. The number of carbonyl (C=O) groups is 2. The van der Waals surface area contributed by atoms with Crippen LogP contribution in [0.25, 0.3) is 0 Å². The van der Waals surface area contributed by atoms with Gasteiger partial charge in [0.05, 0.1) is 6.54 Å². The Morgan fingerprint density at radius 1 is 1.00 bits per heavy atom. The number of amides is 2. The van der Waals surface area contributed by atoms with Crippen molar-refractivity contribution in [3.8, 4) is 0 Å². The Labute approximate surface area is 162 Å². The zero-order valence-electron chi connectivity index (χ0n) is 16.7. The van der Waals surface area contributed by atoms with E-state index in [1.807, 2.05) is 7.05 Å². The first-order valence-electron chi connectivity index (χ1n) is 10.6. The standard InChI is InChI=1S/C23H32N2O2/c1-3-16-4-6-17(7-5-16)15-25(2)21(26)14-24-22(27)23-11-18-8-19(12-23)10-20(9-18)13-23/h4-7,18-20H,3,8-15H2,1-2H3,(H,24,27). The minimum absolute atomic E-state index is 0.0207. The van der Waals surface area contributed by atoms with Crippen LogP contribution in [0.15, 0.2) is 24.3 Å². The summed E-state index contributed by atoms with van der Waals surface area (Å²) in [7, 11) is 1.81. The minimum Gasteiger partial charge on any atom is -0.347 e. The lowest BCUT2D eigenvalue weighted by Gasteiger charge is -2.55. The van der Waals surface area contributed by atoms with Crippen molar-refractivity contribution in [2.45, 2.75) is 58.4 Å². The van der Waals surface area contributed by atoms with E-state index in [1.165, 1.54) is 24.8 Å². The molecule has 4 aliphatic rings. The van der Waals surface area contributed by atoms with Crippen LogP contribution in [0.3, 0.4) is 0 Å². The maximum Gasteiger partial charge on any atom is 0.242 e. The van der Waals surface area contributed by atoms with Crippen molar-refractivity contribution < 1.29 is 9.59 Å². The van der Waals surface area contributed by atoms with E-state index in [1.54, 1.807) is 4.90 Å². The number of nitrogens with zero attached hydrogens (tertiary/aromatic N) is 1. The highest BCUT2D eigenvalue weighted by Crippen LogP contribution is 2.60. The summed E-state index contributed by atoms with van der Waals surface area (Å²) in [6, 6.07) is 8.39. The predicted molar refractivity (Wildman–Crippen MR) is 106 cm³/mol. The fourth-order valence-electron chi connectivity index (χ4n) is 6.11. The molecule has 1 aromatic carbocycles. The number of rotatable bonds is 6. The molecular formula is C23H32N2O2. The number of nitrogens with one attached hydrogen (secondary N) is 1. The van der Waals surface area contributed by atoms with Crippen LogP contribution >= 0.6 is 0 Å². The Hall–Kier alpha value is -1.84. The zero-order valence-corrected chi connectivity index (χ0v) is 16.7. The molecular weight excluding hydrogens is 336 g/mol. The van der Waals surface area contributed by atoms with Gasteiger partial charge in [-0.2, -0.15) is 0 Å². The summed E-state index contributed by atoms with van der Waals surface area (Å²) in [6.45, 7) is 2.83. The van der Waals surface area contributed by atoms with Crippen molar-refractivity contribution in [3.05, 3.63) is 35.4 Å². The first-order chi connectivity index (χ1) is 13.0. The largest absolute Gasteiger partial charge is 0.347 e. The summed E-state index contributed by atoms with van der Waals surface area (Å²) < 4.78 is 0. The molecule has 5 rings (SSSR count). The van der Waals surface area contributed by atoms with Gasteiger partial charge in [-0.3, -0.25) is 9.59 Å². The molecule has 27 heavy (non-hydrogen) atoms. The highest BCUT2D eigenvalue weighted by Gasteiger charge is 2.54. The zero-order chi connectivity index (χ0) is 19.0. The van der Waals surface area contributed by atoms with Gasteiger partial charge in [-0.25, -0.2) is 0 Å². The summed E-state index contributed by atoms with van der Waals surface area (Å²) in [5, 5.41) is 2.99. The van der Waals surface area contributed by atoms with Gasteiger partial charge >= 0.3 is 0 Å². The van der Waals surface area contributed by atoms with Gasteiger partial charge < -0.3 is 10.2 Å². The Morgan fingerprint density at radius 3 is 2.04 bits per heavy atom. The molecule has 0 spiro atoms. The molecule has 0 heterocycles. The molecule has 4 nitrogen and oxygen atoms in total. The van der Waals surface area contributed by atoms with Crippen LogP contribution in [0.5, 0.6) is 0 Å². The Balaban J connectivity index is 1.30. The van der Waals surface area contributed by atoms with Crippen molar-refractivity contribution in [1.82, 2.24) is 10.2 Å². The Bertz CT molecular complexity index is 674. The maximum atomic E-state index is 13.0. The normalized spacial score (nSPS) is 31.0. The number of likely N-dealkylation sites (N-methyl/N-ethyl adjacent to an activating group) is 1. The number of benzene rings is 1. The number of hydrogen-bond donors (Lipinski definition) is 1. The van der Waals surface area contributed by atoms with E-state index in [0.29, 0.717) is 6.54 Å². The monoisotopic (exact) mass is 368 g/mol. The molecule has 0 aromatic heterocycles. The fourth-order valence-corrected chi connectivity index (χ4v) is 6.11. The summed E-state index contributed by atoms with van der Waals surface area (Å²) in [5.74, 6) is 2.34. The van der Waals surface area contributed by atoms with Crippen LogP contribution in [0, 0.1) is 23.2 Å². The molecule has 4 fully saturated rings. The number of carbonyl (C=O) groups excluding carboxylic acids is 2. The third-order valence-corrected chi connectivity index (χ3v) is 7.20. The van der Waals surface area contributed by atoms with Crippen LogP contribution in [0.1, 0.15) is 56.6 Å². The number of aryl methyl sites for hydroxylation is 1. The fraction of sp³-hybridized carbons (Fsp3) is 0.652. The summed E-state index contributed by atoms with van der Waals surface area (Å²) in [6.07, 6.45) is 8.11. The number of hydrogen-bond acceptors (Lipinski definition) is 2. The second-order valence-electron chi connectivity index (χ2n) is 9.30. The van der Waals surface area contributed by atoms with Gasteiger partial charge in [-0.15, -0.1) is 0 Å². The average molecular weight is 369 g/mol. The highest BCUT2D eigenvalue weighted by molar-refractivity contribution is 5.88. The molecule has 0 unspecified atom stereocenters. The lowest BCUT2D eigenvalue weighted by molar-refractivity contribution is -0.147. The van der Waals surface area contributed by atoms with Gasteiger partial charge in [0.1, 0.15) is 0 Å². The Kier molecular flexibility index (Phi) is 5.00. The van der Waals surface area contributed by atoms with Crippen molar-refractivity contribution in [1.29, 1.82) is 0 Å². The molecule has 0 aliphatic heterocycles. The molecule has 4 heteroatoms. The van der Waals surface area contributed by atoms with E-state index in [9.17, 15) is 9.59 Å². The van der Waals surface area contributed by atoms with Crippen LogP contribution in [0.4, 0.5) is 0 Å².